The molecule has 2 aromatic carbocycles. The molecule has 4 rings (SSSR count). The van der Waals surface area contributed by atoms with Gasteiger partial charge in [-0.25, -0.2) is 0 Å². The largest absolute Gasteiger partial charge is 0.497 e. The summed E-state index contributed by atoms with van der Waals surface area (Å²) >= 11 is 0. The third-order valence-electron chi connectivity index (χ3n) is 4.41. The van der Waals surface area contributed by atoms with E-state index in [4.69, 9.17) is 9.26 Å². The average Bonchev–Trinajstić information content (AvgIpc) is 3.19. The van der Waals surface area contributed by atoms with Crippen LogP contribution in [0.25, 0.3) is 11.4 Å². The Morgan fingerprint density at radius 3 is 2.44 bits per heavy atom. The molecule has 1 saturated heterocycles. The summed E-state index contributed by atoms with van der Waals surface area (Å²) in [6, 6.07) is 18.7. The summed E-state index contributed by atoms with van der Waals surface area (Å²) in [6.07, 6.45) is 0. The Kier molecular flexibility index (Phi) is 4.24. The second kappa shape index (κ2) is 6.84. The van der Waals surface area contributed by atoms with E-state index in [-0.39, 0.29) is 0 Å². The maximum atomic E-state index is 5.48. The monoisotopic (exact) mass is 336 g/mol. The molecule has 0 bridgehead atoms. The molecule has 6 heteroatoms. The number of nitrogens with zero attached hydrogens (tertiary/aromatic N) is 4. The minimum atomic E-state index is 0.575. The van der Waals surface area contributed by atoms with E-state index in [1.807, 2.05) is 30.3 Å². The zero-order valence-electron chi connectivity index (χ0n) is 14.1. The molecule has 0 spiro atoms. The van der Waals surface area contributed by atoms with E-state index in [2.05, 4.69) is 44.2 Å². The van der Waals surface area contributed by atoms with Crippen LogP contribution in [0.4, 0.5) is 11.7 Å². The lowest BCUT2D eigenvalue weighted by molar-refractivity contribution is 0.409. The number of piperazine rings is 1. The second-order valence-corrected chi connectivity index (χ2v) is 5.94. The first kappa shape index (κ1) is 15.5. The fourth-order valence-corrected chi connectivity index (χ4v) is 3.02. The van der Waals surface area contributed by atoms with Gasteiger partial charge in [-0.3, -0.25) is 0 Å². The molecular weight excluding hydrogens is 316 g/mol. The van der Waals surface area contributed by atoms with Gasteiger partial charge in [0.25, 0.3) is 0 Å². The number of hydrogen-bond donors (Lipinski definition) is 0. The Morgan fingerprint density at radius 2 is 1.68 bits per heavy atom. The van der Waals surface area contributed by atoms with Crippen LogP contribution < -0.4 is 14.5 Å². The molecule has 0 aliphatic carbocycles. The number of methoxy groups -OCH3 is 1. The molecule has 1 fully saturated rings. The molecule has 0 atom stereocenters. The second-order valence-electron chi connectivity index (χ2n) is 5.94. The Bertz CT molecular complexity index is 826. The number of para-hydroxylation sites is 1. The fraction of sp³-hybridized carbons (Fsp3) is 0.263. The van der Waals surface area contributed by atoms with Crippen LogP contribution in [0.15, 0.2) is 59.1 Å². The smallest absolute Gasteiger partial charge is 0.324 e. The fourth-order valence-electron chi connectivity index (χ4n) is 3.02. The molecule has 128 valence electrons. The van der Waals surface area contributed by atoms with Gasteiger partial charge in [-0.15, -0.1) is 0 Å². The van der Waals surface area contributed by atoms with Gasteiger partial charge in [0, 0.05) is 37.4 Å². The lowest BCUT2D eigenvalue weighted by Gasteiger charge is -2.34. The van der Waals surface area contributed by atoms with E-state index in [0.717, 1.165) is 37.5 Å². The number of benzene rings is 2. The molecular formula is C19H20N4O2. The first-order valence-corrected chi connectivity index (χ1v) is 8.36. The molecule has 25 heavy (non-hydrogen) atoms. The summed E-state index contributed by atoms with van der Waals surface area (Å²) in [7, 11) is 1.65. The number of rotatable bonds is 4. The first-order chi connectivity index (χ1) is 12.3. The van der Waals surface area contributed by atoms with Crippen LogP contribution in [0.5, 0.6) is 5.75 Å². The van der Waals surface area contributed by atoms with Crippen molar-refractivity contribution in [3.63, 3.8) is 0 Å². The van der Waals surface area contributed by atoms with Crippen molar-refractivity contribution < 1.29 is 9.26 Å². The van der Waals surface area contributed by atoms with Crippen molar-refractivity contribution in [2.75, 3.05) is 43.1 Å². The topological polar surface area (TPSA) is 54.6 Å². The maximum absolute atomic E-state index is 5.48. The third kappa shape index (κ3) is 3.28. The number of aromatic nitrogens is 2. The zero-order valence-corrected chi connectivity index (χ0v) is 14.1. The molecule has 1 aliphatic rings. The number of anilines is 2. The summed E-state index contributed by atoms with van der Waals surface area (Å²) in [6.45, 7) is 3.57. The molecule has 0 unspecified atom stereocenters. The lowest BCUT2D eigenvalue weighted by atomic mass is 10.2. The van der Waals surface area contributed by atoms with Gasteiger partial charge < -0.3 is 19.1 Å². The van der Waals surface area contributed by atoms with Crippen LogP contribution in [0.3, 0.4) is 0 Å². The molecule has 1 aliphatic heterocycles. The van der Waals surface area contributed by atoms with Crippen molar-refractivity contribution in [3.05, 3.63) is 54.6 Å². The first-order valence-electron chi connectivity index (χ1n) is 8.36. The number of hydrogen-bond acceptors (Lipinski definition) is 6. The van der Waals surface area contributed by atoms with Crippen molar-refractivity contribution in [1.82, 2.24) is 10.1 Å². The van der Waals surface area contributed by atoms with Gasteiger partial charge in [0.2, 0.25) is 5.82 Å². The highest BCUT2D eigenvalue weighted by Gasteiger charge is 2.22. The summed E-state index contributed by atoms with van der Waals surface area (Å²) < 4.78 is 10.7. The maximum Gasteiger partial charge on any atom is 0.324 e. The van der Waals surface area contributed by atoms with E-state index >= 15 is 0 Å². The Balaban J connectivity index is 1.45. The normalized spacial score (nSPS) is 14.6. The van der Waals surface area contributed by atoms with Crippen molar-refractivity contribution in [3.8, 4) is 17.1 Å². The highest BCUT2D eigenvalue weighted by Crippen LogP contribution is 2.24. The Hall–Kier alpha value is -3.02. The highest BCUT2D eigenvalue weighted by molar-refractivity contribution is 5.58. The van der Waals surface area contributed by atoms with Crippen LogP contribution in [-0.2, 0) is 0 Å². The SMILES string of the molecule is COc1cccc(-c2noc(N3CCN(c4ccccc4)CC3)n2)c1. The standard InChI is InChI=1S/C19H20N4O2/c1-24-17-9-5-6-15(14-17)18-20-19(25-21-18)23-12-10-22(11-13-23)16-7-3-2-4-8-16/h2-9,14H,10-13H2,1H3. The minimum absolute atomic E-state index is 0.575. The quantitative estimate of drug-likeness (QED) is 0.730. The van der Waals surface area contributed by atoms with Crippen LogP contribution >= 0.6 is 0 Å². The predicted molar refractivity (Wildman–Crippen MR) is 97.2 cm³/mol. The van der Waals surface area contributed by atoms with Gasteiger partial charge in [-0.1, -0.05) is 35.5 Å². The van der Waals surface area contributed by atoms with E-state index < -0.39 is 0 Å². The van der Waals surface area contributed by atoms with Gasteiger partial charge >= 0.3 is 6.01 Å². The van der Waals surface area contributed by atoms with Crippen LogP contribution in [-0.4, -0.2) is 43.4 Å². The van der Waals surface area contributed by atoms with Gasteiger partial charge in [-0.05, 0) is 24.3 Å². The Morgan fingerprint density at radius 1 is 0.920 bits per heavy atom. The van der Waals surface area contributed by atoms with Crippen molar-refractivity contribution >= 4 is 11.7 Å². The molecule has 0 saturated carbocycles. The third-order valence-corrected chi connectivity index (χ3v) is 4.41. The van der Waals surface area contributed by atoms with Gasteiger partial charge in [0.1, 0.15) is 5.75 Å². The van der Waals surface area contributed by atoms with Crippen molar-refractivity contribution in [2.45, 2.75) is 0 Å². The summed E-state index contributed by atoms with van der Waals surface area (Å²) in [5.74, 6) is 1.36. The summed E-state index contributed by atoms with van der Waals surface area (Å²) in [5.41, 5.74) is 2.14. The van der Waals surface area contributed by atoms with Crippen LogP contribution in [0, 0.1) is 0 Å². The van der Waals surface area contributed by atoms with Crippen molar-refractivity contribution in [1.29, 1.82) is 0 Å². The van der Waals surface area contributed by atoms with Crippen LogP contribution in [0.2, 0.25) is 0 Å². The summed E-state index contributed by atoms with van der Waals surface area (Å²) in [5, 5.41) is 4.12. The lowest BCUT2D eigenvalue weighted by Crippen LogP contribution is -2.46. The minimum Gasteiger partial charge on any atom is -0.497 e. The highest BCUT2D eigenvalue weighted by atomic mass is 16.5. The van der Waals surface area contributed by atoms with Crippen molar-refractivity contribution in [2.24, 2.45) is 0 Å². The van der Waals surface area contributed by atoms with E-state index in [1.165, 1.54) is 5.69 Å². The van der Waals surface area contributed by atoms with E-state index in [9.17, 15) is 0 Å². The molecule has 1 aromatic heterocycles. The molecule has 0 radical (unpaired) electrons. The molecule has 6 nitrogen and oxygen atoms in total. The zero-order chi connectivity index (χ0) is 17.1. The molecule has 0 N–H and O–H groups in total. The van der Waals surface area contributed by atoms with E-state index in [0.29, 0.717) is 11.8 Å². The molecule has 2 heterocycles. The molecule has 0 amide bonds. The van der Waals surface area contributed by atoms with E-state index in [1.54, 1.807) is 7.11 Å². The predicted octanol–water partition coefficient (Wildman–Crippen LogP) is 3.07. The molecule has 3 aromatic rings. The van der Waals surface area contributed by atoms with Gasteiger partial charge in [-0.2, -0.15) is 4.98 Å². The average molecular weight is 336 g/mol. The van der Waals surface area contributed by atoms with Gasteiger partial charge in [0.05, 0.1) is 7.11 Å². The van der Waals surface area contributed by atoms with Gasteiger partial charge in [0.15, 0.2) is 0 Å². The van der Waals surface area contributed by atoms with Crippen LogP contribution in [0.1, 0.15) is 0 Å². The summed E-state index contributed by atoms with van der Waals surface area (Å²) in [4.78, 5) is 9.06. The Labute approximate surface area is 146 Å². The number of ether oxygens (including phenoxy) is 1.